The van der Waals surface area contributed by atoms with Gasteiger partial charge in [-0.15, -0.1) is 0 Å². The fourth-order valence-electron chi connectivity index (χ4n) is 5.77. The average molecular weight is 503 g/mol. The maximum absolute atomic E-state index is 14.7. The molecule has 2 fully saturated rings. The normalized spacial score (nSPS) is 20.3. The van der Waals surface area contributed by atoms with Crippen molar-refractivity contribution < 1.29 is 27.1 Å². The summed E-state index contributed by atoms with van der Waals surface area (Å²) in [5.74, 6) is 0.108. The number of carbonyl (C=O) groups excluding carboxylic acids is 1. The Balaban J connectivity index is 1.24. The summed E-state index contributed by atoms with van der Waals surface area (Å²) in [5, 5.41) is 0. The van der Waals surface area contributed by atoms with Crippen molar-refractivity contribution in [3.63, 3.8) is 0 Å². The summed E-state index contributed by atoms with van der Waals surface area (Å²) in [4.78, 5) is 18.5. The van der Waals surface area contributed by atoms with Crippen molar-refractivity contribution in [1.82, 2.24) is 9.88 Å². The molecule has 3 heterocycles. The first-order chi connectivity index (χ1) is 16.3. The Morgan fingerprint density at radius 1 is 1.17 bits per heavy atom. The standard InChI is InChI=1S/C26H31FN2O5S/c1-24(2,3)34-23(30)29-9-7-25(8-10-29)15-26(16-25)13-17-11-21(28-14-22(17)33-26)19-6-5-18(12-20(19)27)35(4,31)32/h5-6,11-12,14H,7-10,13,15-16H2,1-4H3. The van der Waals surface area contributed by atoms with E-state index in [0.29, 0.717) is 18.8 Å². The molecular formula is C26H31FN2O5S. The molecule has 3 aliphatic rings. The number of carbonyl (C=O) groups is 1. The second kappa shape index (κ2) is 7.91. The predicted molar refractivity (Wildman–Crippen MR) is 129 cm³/mol. The van der Waals surface area contributed by atoms with Gasteiger partial charge in [-0.2, -0.15) is 0 Å². The van der Waals surface area contributed by atoms with Gasteiger partial charge in [-0.25, -0.2) is 17.6 Å². The summed E-state index contributed by atoms with van der Waals surface area (Å²) in [6, 6.07) is 5.75. The third-order valence-electron chi connectivity index (χ3n) is 7.30. The fraction of sp³-hybridized carbons (Fsp3) is 0.538. The quantitative estimate of drug-likeness (QED) is 0.588. The molecule has 35 heavy (non-hydrogen) atoms. The van der Waals surface area contributed by atoms with Gasteiger partial charge in [0.15, 0.2) is 9.84 Å². The number of nitrogens with zero attached hydrogens (tertiary/aromatic N) is 2. The highest BCUT2D eigenvalue weighted by atomic mass is 32.2. The zero-order valence-electron chi connectivity index (χ0n) is 20.6. The summed E-state index contributed by atoms with van der Waals surface area (Å²) in [7, 11) is -3.48. The number of benzene rings is 1. The molecule has 1 saturated heterocycles. The number of ether oxygens (including phenoxy) is 2. The Hall–Kier alpha value is -2.68. The molecule has 7 nitrogen and oxygen atoms in total. The Morgan fingerprint density at radius 2 is 1.86 bits per heavy atom. The molecule has 2 spiro atoms. The highest BCUT2D eigenvalue weighted by Gasteiger charge is 2.59. The molecule has 0 unspecified atom stereocenters. The van der Waals surface area contributed by atoms with E-state index in [1.807, 2.05) is 26.8 Å². The van der Waals surface area contributed by atoms with Gasteiger partial charge in [0.05, 0.1) is 16.8 Å². The van der Waals surface area contributed by atoms with Crippen LogP contribution in [-0.4, -0.2) is 54.9 Å². The van der Waals surface area contributed by atoms with Crippen LogP contribution in [0.1, 0.15) is 52.0 Å². The van der Waals surface area contributed by atoms with E-state index in [9.17, 15) is 17.6 Å². The van der Waals surface area contributed by atoms with Crippen molar-refractivity contribution >= 4 is 15.9 Å². The summed E-state index contributed by atoms with van der Waals surface area (Å²) >= 11 is 0. The first kappa shape index (κ1) is 24.0. The van der Waals surface area contributed by atoms with Gasteiger partial charge in [-0.1, -0.05) is 0 Å². The van der Waals surface area contributed by atoms with E-state index in [1.165, 1.54) is 12.1 Å². The molecule has 188 valence electrons. The monoisotopic (exact) mass is 502 g/mol. The molecule has 5 rings (SSSR count). The van der Waals surface area contributed by atoms with Gasteiger partial charge in [0.25, 0.3) is 0 Å². The van der Waals surface area contributed by atoms with Gasteiger partial charge in [0.1, 0.15) is 22.8 Å². The van der Waals surface area contributed by atoms with Gasteiger partial charge in [0.2, 0.25) is 0 Å². The average Bonchev–Trinajstić information content (AvgIpc) is 3.10. The van der Waals surface area contributed by atoms with E-state index in [2.05, 4.69) is 4.98 Å². The molecule has 0 N–H and O–H groups in total. The molecule has 1 aromatic heterocycles. The Labute approximate surface area is 205 Å². The van der Waals surface area contributed by atoms with Crippen LogP contribution in [0.5, 0.6) is 5.75 Å². The van der Waals surface area contributed by atoms with Crippen LogP contribution in [0.2, 0.25) is 0 Å². The Kier molecular flexibility index (Phi) is 5.43. The Bertz CT molecular complexity index is 1290. The molecule has 0 radical (unpaired) electrons. The van der Waals surface area contributed by atoms with Crippen molar-refractivity contribution in [3.8, 4) is 17.0 Å². The molecule has 0 bridgehead atoms. The number of sulfone groups is 1. The van der Waals surface area contributed by atoms with E-state index < -0.39 is 21.3 Å². The Morgan fingerprint density at radius 3 is 2.46 bits per heavy atom. The number of amides is 1. The van der Waals surface area contributed by atoms with Crippen molar-refractivity contribution in [2.45, 2.75) is 69.0 Å². The number of halogens is 1. The first-order valence-corrected chi connectivity index (χ1v) is 13.8. The molecule has 2 aromatic rings. The lowest BCUT2D eigenvalue weighted by Gasteiger charge is -2.56. The third-order valence-corrected chi connectivity index (χ3v) is 8.41. The third kappa shape index (κ3) is 4.62. The number of pyridine rings is 1. The molecule has 0 atom stereocenters. The van der Waals surface area contributed by atoms with Crippen molar-refractivity contribution in [2.75, 3.05) is 19.3 Å². The van der Waals surface area contributed by atoms with Crippen LogP contribution in [0, 0.1) is 11.2 Å². The number of fused-ring (bicyclic) bond motifs is 1. The zero-order valence-corrected chi connectivity index (χ0v) is 21.4. The van der Waals surface area contributed by atoms with E-state index in [1.54, 1.807) is 11.1 Å². The highest BCUT2D eigenvalue weighted by Crippen LogP contribution is 2.60. The van der Waals surface area contributed by atoms with E-state index >= 15 is 0 Å². The van der Waals surface area contributed by atoms with Gasteiger partial charge < -0.3 is 14.4 Å². The number of piperidine rings is 1. The lowest BCUT2D eigenvalue weighted by molar-refractivity contribution is -0.120. The highest BCUT2D eigenvalue weighted by molar-refractivity contribution is 7.90. The van der Waals surface area contributed by atoms with Crippen molar-refractivity contribution in [1.29, 1.82) is 0 Å². The van der Waals surface area contributed by atoms with Crippen LogP contribution in [-0.2, 0) is 21.0 Å². The van der Waals surface area contributed by atoms with Crippen LogP contribution in [0.4, 0.5) is 9.18 Å². The fourth-order valence-corrected chi connectivity index (χ4v) is 6.40. The van der Waals surface area contributed by atoms with E-state index in [4.69, 9.17) is 9.47 Å². The lowest BCUT2D eigenvalue weighted by atomic mass is 9.54. The summed E-state index contributed by atoms with van der Waals surface area (Å²) in [6.45, 7) is 7.00. The largest absolute Gasteiger partial charge is 0.485 e. The molecule has 9 heteroatoms. The van der Waals surface area contributed by atoms with Gasteiger partial charge in [-0.05, 0) is 76.1 Å². The van der Waals surface area contributed by atoms with Gasteiger partial charge in [-0.3, -0.25) is 4.98 Å². The van der Waals surface area contributed by atoms with Crippen LogP contribution in [0.15, 0.2) is 35.4 Å². The molecule has 2 aliphatic heterocycles. The number of likely N-dealkylation sites (tertiary alicyclic amines) is 1. The van der Waals surface area contributed by atoms with Gasteiger partial charge >= 0.3 is 6.09 Å². The maximum Gasteiger partial charge on any atom is 0.410 e. The molecule has 1 saturated carbocycles. The minimum atomic E-state index is -3.48. The zero-order chi connectivity index (χ0) is 25.2. The predicted octanol–water partition coefficient (Wildman–Crippen LogP) is 4.78. The number of rotatable bonds is 2. The summed E-state index contributed by atoms with van der Waals surface area (Å²) < 4.78 is 50.0. The number of aromatic nitrogens is 1. The van der Waals surface area contributed by atoms with E-state index in [0.717, 1.165) is 55.7 Å². The van der Waals surface area contributed by atoms with Gasteiger partial charge in [0, 0.05) is 36.9 Å². The lowest BCUT2D eigenvalue weighted by Crippen LogP contribution is -2.59. The van der Waals surface area contributed by atoms with E-state index in [-0.39, 0.29) is 27.6 Å². The smallest absolute Gasteiger partial charge is 0.410 e. The van der Waals surface area contributed by atoms with Crippen LogP contribution in [0.3, 0.4) is 0 Å². The maximum atomic E-state index is 14.7. The molecule has 1 amide bonds. The van der Waals surface area contributed by atoms with Crippen molar-refractivity contribution in [2.24, 2.45) is 5.41 Å². The minimum Gasteiger partial charge on any atom is -0.485 e. The second-order valence-electron chi connectivity index (χ2n) is 11.4. The van der Waals surface area contributed by atoms with Crippen LogP contribution in [0.25, 0.3) is 11.3 Å². The molecule has 1 aliphatic carbocycles. The first-order valence-electron chi connectivity index (χ1n) is 11.9. The minimum absolute atomic E-state index is 0.0559. The SMILES string of the molecule is CC(C)(C)OC(=O)N1CCC2(CC1)CC1(Cc3cc(-c4ccc(S(C)(=O)=O)cc4F)ncc3O1)C2. The second-order valence-corrected chi connectivity index (χ2v) is 13.4. The summed E-state index contributed by atoms with van der Waals surface area (Å²) in [5.41, 5.74) is 1.12. The van der Waals surface area contributed by atoms with Crippen molar-refractivity contribution in [3.05, 3.63) is 41.8 Å². The topological polar surface area (TPSA) is 85.8 Å². The molecule has 1 aromatic carbocycles. The summed E-state index contributed by atoms with van der Waals surface area (Å²) in [6.07, 6.45) is 6.87. The van der Waals surface area contributed by atoms with Crippen LogP contribution >= 0.6 is 0 Å². The number of hydrogen-bond acceptors (Lipinski definition) is 6. The number of hydrogen-bond donors (Lipinski definition) is 0. The van der Waals surface area contributed by atoms with Crippen LogP contribution < -0.4 is 4.74 Å². The molecular weight excluding hydrogens is 471 g/mol.